The van der Waals surface area contributed by atoms with Crippen LogP contribution >= 0.6 is 11.8 Å². The molecule has 4 N–H and O–H groups in total. The van der Waals surface area contributed by atoms with Crippen LogP contribution in [0.1, 0.15) is 115 Å². The predicted molar refractivity (Wildman–Crippen MR) is 288 cm³/mol. The monoisotopic (exact) mass is 1100 g/mol. The van der Waals surface area contributed by atoms with E-state index in [1.54, 1.807) is 28.2 Å². The summed E-state index contributed by atoms with van der Waals surface area (Å²) in [6.45, 7) is 14.0. The lowest BCUT2D eigenvalue weighted by Gasteiger charge is -2.73. The van der Waals surface area contributed by atoms with Gasteiger partial charge in [0.25, 0.3) is 25.8 Å². The number of anilines is 2. The normalized spacial score (nSPS) is 22.7. The number of thioether (sulfide) groups is 1. The van der Waals surface area contributed by atoms with Crippen molar-refractivity contribution in [3.63, 3.8) is 0 Å². The number of sulfone groups is 1. The molecule has 1 atom stereocenters. The van der Waals surface area contributed by atoms with E-state index in [0.717, 1.165) is 68.3 Å². The maximum Gasteiger partial charge on any atom is 0.501 e. The van der Waals surface area contributed by atoms with Gasteiger partial charge in [-0.2, -0.15) is 13.2 Å². The van der Waals surface area contributed by atoms with E-state index in [4.69, 9.17) is 5.73 Å². The molecule has 3 aromatic rings. The minimum absolute atomic E-state index is 0.000940. The van der Waals surface area contributed by atoms with E-state index in [-0.39, 0.29) is 23.8 Å². The van der Waals surface area contributed by atoms with E-state index in [0.29, 0.717) is 86.5 Å². The van der Waals surface area contributed by atoms with E-state index in [2.05, 4.69) is 40.8 Å². The van der Waals surface area contributed by atoms with Crippen molar-refractivity contribution in [2.24, 2.45) is 22.0 Å². The van der Waals surface area contributed by atoms with Crippen molar-refractivity contribution in [3.05, 3.63) is 89.5 Å². The Morgan fingerprint density at radius 2 is 1.47 bits per heavy atom. The zero-order valence-corrected chi connectivity index (χ0v) is 46.0. The van der Waals surface area contributed by atoms with Crippen LogP contribution in [0.4, 0.5) is 24.5 Å². The average Bonchev–Trinajstić information content (AvgIpc) is 3.35. The van der Waals surface area contributed by atoms with Gasteiger partial charge in [0.15, 0.2) is 0 Å². The SMILES string of the molecule is CCC12CC(C3=C(CN4CCN(c5ccc(C(=O)NS(=O)(=O)c6ccc(N[C@H](CCN7CCN(C(=O)CCCCCC(N)=O)CC7)CSc7ccccc7)c(S(=O)(=O)C(F)(F)F)c6)cc5)CC4)CCC(C)(C)C3)(C1)C2. The van der Waals surface area contributed by atoms with Crippen molar-refractivity contribution in [2.45, 2.75) is 130 Å². The van der Waals surface area contributed by atoms with E-state index in [9.17, 15) is 44.4 Å². The minimum Gasteiger partial charge on any atom is -0.380 e. The molecule has 3 aromatic carbocycles. The standard InChI is InChI=1S/C55H74F3N7O7S3/c1-4-53-37-54(38-53,39-53)46-34-52(2,3)23-21-41(46)35-63-27-29-64(30-28-63)43-17-15-40(16-18-43)51(68)61-75(71,72)45-19-20-47(48(33-45)74(69,70)55(56,57)58)60-42(36-73-44-11-7-5-8-12-44)22-24-62-25-31-65(32-26-62)50(67)14-10-6-9-13-49(59)66/h5,7-8,11-12,15-20,33,42,60H,4,6,9-10,13-14,21-32,34-39H2,1-3H3,(H2,59,66)(H,61,68)/t42-,53?,54?/m1/s1. The molecule has 20 heteroatoms. The highest BCUT2D eigenvalue weighted by Gasteiger charge is 2.68. The lowest BCUT2D eigenvalue weighted by atomic mass is 9.31. The number of nitrogens with zero attached hydrogens (tertiary/aromatic N) is 4. The van der Waals surface area contributed by atoms with Crippen molar-refractivity contribution in [1.29, 1.82) is 0 Å². The third kappa shape index (κ3) is 13.6. The second-order valence-corrected chi connectivity index (χ2v) is 27.1. The Kier molecular flexibility index (Phi) is 17.5. The van der Waals surface area contributed by atoms with Gasteiger partial charge in [0.1, 0.15) is 4.90 Å². The molecule has 2 bridgehead atoms. The van der Waals surface area contributed by atoms with Crippen LogP contribution in [0.2, 0.25) is 0 Å². The molecule has 4 aliphatic carbocycles. The molecule has 14 nitrogen and oxygen atoms in total. The molecule has 2 heterocycles. The van der Waals surface area contributed by atoms with Gasteiger partial charge in [-0.1, -0.05) is 63.0 Å². The van der Waals surface area contributed by atoms with E-state index in [1.807, 2.05) is 35.1 Å². The topological polar surface area (TPSA) is 183 Å². The summed E-state index contributed by atoms with van der Waals surface area (Å²) in [5.41, 5.74) is 4.63. The third-order valence-electron chi connectivity index (χ3n) is 16.5. The Morgan fingerprint density at radius 1 is 0.813 bits per heavy atom. The number of nitrogens with two attached hydrogens (primary N) is 1. The van der Waals surface area contributed by atoms with Crippen molar-refractivity contribution in [1.82, 2.24) is 19.4 Å². The number of hydrogen-bond acceptors (Lipinski definition) is 12. The number of primary amides is 1. The van der Waals surface area contributed by atoms with Gasteiger partial charge < -0.3 is 20.9 Å². The Hall–Kier alpha value is -4.63. The van der Waals surface area contributed by atoms with Gasteiger partial charge in [0.2, 0.25) is 11.8 Å². The molecule has 2 saturated heterocycles. The number of alkyl halides is 3. The number of halogens is 3. The number of piperazine rings is 2. The van der Waals surface area contributed by atoms with Gasteiger partial charge in [-0.05, 0) is 129 Å². The van der Waals surface area contributed by atoms with Gasteiger partial charge in [0.05, 0.1) is 10.6 Å². The fourth-order valence-electron chi connectivity index (χ4n) is 12.0. The number of nitrogens with one attached hydrogen (secondary N) is 2. The van der Waals surface area contributed by atoms with Crippen LogP contribution in [-0.4, -0.2) is 132 Å². The molecular weight excluding hydrogens is 1020 g/mol. The Morgan fingerprint density at radius 3 is 2.11 bits per heavy atom. The van der Waals surface area contributed by atoms with Gasteiger partial charge in [0, 0.05) is 106 Å². The largest absolute Gasteiger partial charge is 0.501 e. The highest BCUT2D eigenvalue weighted by atomic mass is 32.2. The van der Waals surface area contributed by atoms with E-state index < -0.39 is 52.8 Å². The van der Waals surface area contributed by atoms with Crippen molar-refractivity contribution < 1.29 is 44.4 Å². The first-order valence-corrected chi connectivity index (χ1v) is 30.5. The summed E-state index contributed by atoms with van der Waals surface area (Å²) in [5, 5.41) is 3.01. The Bertz CT molecular complexity index is 2780. The molecule has 0 spiro atoms. The van der Waals surface area contributed by atoms with Crippen molar-refractivity contribution >= 4 is 60.7 Å². The summed E-state index contributed by atoms with van der Waals surface area (Å²) < 4.78 is 99.0. The number of amides is 3. The highest BCUT2D eigenvalue weighted by molar-refractivity contribution is 7.99. The molecule has 75 heavy (non-hydrogen) atoms. The summed E-state index contributed by atoms with van der Waals surface area (Å²) in [6, 6.07) is 17.6. The molecular formula is C55H74F3N7O7S3. The summed E-state index contributed by atoms with van der Waals surface area (Å²) >= 11 is 1.42. The number of hydrogen-bond donors (Lipinski definition) is 3. The number of rotatable bonds is 23. The number of allylic oxidation sites excluding steroid dienone is 1. The average molecular weight is 1100 g/mol. The summed E-state index contributed by atoms with van der Waals surface area (Å²) in [4.78, 5) is 44.8. The van der Waals surface area contributed by atoms with E-state index >= 15 is 0 Å². The van der Waals surface area contributed by atoms with Gasteiger partial charge in [-0.15, -0.1) is 11.8 Å². The second-order valence-electron chi connectivity index (χ2n) is 22.4. The first-order chi connectivity index (χ1) is 35.5. The molecule has 0 aromatic heterocycles. The predicted octanol–water partition coefficient (Wildman–Crippen LogP) is 8.85. The van der Waals surface area contributed by atoms with Crippen LogP contribution in [0.3, 0.4) is 0 Å². The summed E-state index contributed by atoms with van der Waals surface area (Å²) in [7, 11) is -11.0. The van der Waals surface area contributed by atoms with Gasteiger partial charge in [-0.3, -0.25) is 24.2 Å². The van der Waals surface area contributed by atoms with Crippen LogP contribution in [0.5, 0.6) is 0 Å². The maximum atomic E-state index is 14.4. The first kappa shape index (κ1) is 56.6. The second kappa shape index (κ2) is 23.1. The smallest absolute Gasteiger partial charge is 0.380 e. The minimum atomic E-state index is -6.11. The number of benzene rings is 3. The number of carbonyl (C=O) groups excluding carboxylic acids is 3. The zero-order valence-electron chi connectivity index (χ0n) is 43.6. The quantitative estimate of drug-likeness (QED) is 0.0467. The Labute approximate surface area is 445 Å². The third-order valence-corrected chi connectivity index (χ3v) is 20.5. The number of sulfonamides is 1. The molecule has 9 rings (SSSR count). The van der Waals surface area contributed by atoms with Crippen LogP contribution in [0, 0.1) is 16.2 Å². The van der Waals surface area contributed by atoms with Gasteiger partial charge >= 0.3 is 5.51 Å². The molecule has 0 radical (unpaired) electrons. The lowest BCUT2D eigenvalue weighted by molar-refractivity contribution is -0.182. The fourth-order valence-corrected chi connectivity index (χ4v) is 15.0. The van der Waals surface area contributed by atoms with Gasteiger partial charge in [-0.25, -0.2) is 21.6 Å². The molecule has 410 valence electrons. The van der Waals surface area contributed by atoms with Crippen molar-refractivity contribution in [3.8, 4) is 0 Å². The molecule has 3 amide bonds. The molecule has 0 unspecified atom stereocenters. The van der Waals surface area contributed by atoms with Crippen molar-refractivity contribution in [2.75, 3.05) is 81.4 Å². The van der Waals surface area contributed by atoms with Crippen LogP contribution in [-0.2, 0) is 29.4 Å². The lowest BCUT2D eigenvalue weighted by Crippen LogP contribution is -2.63. The maximum absolute atomic E-state index is 14.4. The fraction of sp³-hybridized carbons (Fsp3) is 0.582. The first-order valence-electron chi connectivity index (χ1n) is 26.5. The van der Waals surface area contributed by atoms with E-state index in [1.165, 1.54) is 62.4 Å². The number of carbonyl (C=O) groups is 3. The van der Waals surface area contributed by atoms with Crippen LogP contribution in [0.15, 0.2) is 98.6 Å². The molecule has 6 aliphatic rings. The molecule has 5 fully saturated rings. The zero-order chi connectivity index (χ0) is 53.8. The molecule has 3 saturated carbocycles. The van der Waals surface area contributed by atoms with Crippen LogP contribution in [0.25, 0.3) is 0 Å². The molecule has 2 aliphatic heterocycles. The van der Waals surface area contributed by atoms with Crippen LogP contribution < -0.4 is 20.7 Å². The summed E-state index contributed by atoms with van der Waals surface area (Å²) in [6.07, 6.45) is 11.9. The Balaban J connectivity index is 0.892. The highest BCUT2D eigenvalue weighted by Crippen LogP contribution is 2.79. The summed E-state index contributed by atoms with van der Waals surface area (Å²) in [5.74, 6) is -1.06. The number of unbranched alkanes of at least 4 members (excludes halogenated alkanes) is 2.